The lowest BCUT2D eigenvalue weighted by atomic mass is 9.84. The van der Waals surface area contributed by atoms with Crippen LogP contribution in [0.25, 0.3) is 98.7 Å². The third kappa shape index (κ3) is 7.01. The van der Waals surface area contributed by atoms with Gasteiger partial charge in [-0.25, -0.2) is 0 Å². The number of fused-ring (bicyclic) bond motifs is 5. The Labute approximate surface area is 379 Å². The van der Waals surface area contributed by atoms with Crippen molar-refractivity contribution in [2.75, 3.05) is 4.90 Å². The molecule has 0 bridgehead atoms. The minimum absolute atomic E-state index is 1.09. The molecule has 0 unspecified atom stereocenters. The molecule has 12 rings (SSSR count). The van der Waals surface area contributed by atoms with Crippen molar-refractivity contribution in [1.82, 2.24) is 0 Å². The van der Waals surface area contributed by atoms with E-state index in [-0.39, 0.29) is 0 Å². The smallest absolute Gasteiger partial charge is 0.0467 e. The van der Waals surface area contributed by atoms with Crippen LogP contribution in [0.4, 0.5) is 17.1 Å². The van der Waals surface area contributed by atoms with Crippen molar-refractivity contribution in [2.24, 2.45) is 0 Å². The van der Waals surface area contributed by atoms with Crippen molar-refractivity contribution in [3.8, 4) is 55.6 Å². The first-order valence-corrected chi connectivity index (χ1v) is 22.4. The number of hydrogen-bond acceptors (Lipinski definition) is 1. The Balaban J connectivity index is 0.986. The number of anilines is 3. The second-order valence-corrected chi connectivity index (χ2v) is 16.9. The van der Waals surface area contributed by atoms with Crippen LogP contribution in [0, 0.1) is 0 Å². The topological polar surface area (TPSA) is 3.24 Å². The number of rotatable bonds is 8. The minimum atomic E-state index is 1.09. The van der Waals surface area contributed by atoms with E-state index < -0.39 is 0 Å². The molecule has 0 saturated heterocycles. The number of nitrogens with zero attached hydrogens (tertiary/aromatic N) is 1. The second-order valence-electron chi connectivity index (χ2n) is 16.9. The molecular weight excluding hydrogens is 783 g/mol. The molecule has 0 aliphatic rings. The molecule has 12 aromatic rings. The van der Waals surface area contributed by atoms with Gasteiger partial charge in [0.25, 0.3) is 0 Å². The summed E-state index contributed by atoms with van der Waals surface area (Å²) in [6.07, 6.45) is 0. The van der Waals surface area contributed by atoms with Gasteiger partial charge >= 0.3 is 0 Å². The molecule has 0 aromatic heterocycles. The first-order chi connectivity index (χ1) is 32.2. The summed E-state index contributed by atoms with van der Waals surface area (Å²) in [7, 11) is 0. The van der Waals surface area contributed by atoms with E-state index >= 15 is 0 Å². The van der Waals surface area contributed by atoms with Crippen molar-refractivity contribution in [2.45, 2.75) is 0 Å². The summed E-state index contributed by atoms with van der Waals surface area (Å²) in [5.41, 5.74) is 15.4. The van der Waals surface area contributed by atoms with E-state index in [1.807, 2.05) is 0 Å². The van der Waals surface area contributed by atoms with Gasteiger partial charge in [0.05, 0.1) is 0 Å². The Morgan fingerprint density at radius 1 is 0.200 bits per heavy atom. The molecule has 1 heteroatoms. The highest BCUT2D eigenvalue weighted by Crippen LogP contribution is 2.46. The highest BCUT2D eigenvalue weighted by atomic mass is 15.1. The largest absolute Gasteiger partial charge is 0.310 e. The van der Waals surface area contributed by atoms with Gasteiger partial charge in [-0.15, -0.1) is 0 Å². The van der Waals surface area contributed by atoms with Gasteiger partial charge in [0.15, 0.2) is 0 Å². The maximum atomic E-state index is 2.41. The van der Waals surface area contributed by atoms with Gasteiger partial charge in [0, 0.05) is 17.1 Å². The van der Waals surface area contributed by atoms with Crippen LogP contribution in [0.15, 0.2) is 261 Å². The monoisotopic (exact) mass is 825 g/mol. The summed E-state index contributed by atoms with van der Waals surface area (Å²) in [6.45, 7) is 0. The van der Waals surface area contributed by atoms with Crippen LogP contribution < -0.4 is 4.90 Å². The summed E-state index contributed by atoms with van der Waals surface area (Å²) in [5.74, 6) is 0. The van der Waals surface area contributed by atoms with Crippen LogP contribution in [0.1, 0.15) is 0 Å². The van der Waals surface area contributed by atoms with Crippen LogP contribution in [0.2, 0.25) is 0 Å². The zero-order valence-corrected chi connectivity index (χ0v) is 35.8. The third-order valence-corrected chi connectivity index (χ3v) is 13.0. The van der Waals surface area contributed by atoms with Crippen molar-refractivity contribution in [1.29, 1.82) is 0 Å². The van der Waals surface area contributed by atoms with E-state index in [9.17, 15) is 0 Å². The van der Waals surface area contributed by atoms with Crippen molar-refractivity contribution in [3.05, 3.63) is 261 Å². The van der Waals surface area contributed by atoms with Crippen molar-refractivity contribution >= 4 is 60.2 Å². The standard InChI is InChI=1S/C64H43N/c1-3-17-48(18-4-1)63-61-27-12-11-26-59(61)60-40-35-53(43-62(60)64(63)49-19-5-2-6-20-49)45-31-36-54(37-32-45)65(55-38-33-47(34-39-55)58-28-14-22-46-16-9-10-25-57(46)58)56-24-13-23-51(42-56)52-30-29-44-15-7-8-21-50(44)41-52/h1-43H. The predicted octanol–water partition coefficient (Wildman–Crippen LogP) is 18.1. The summed E-state index contributed by atoms with van der Waals surface area (Å²) in [4.78, 5) is 2.38. The lowest BCUT2D eigenvalue weighted by Crippen LogP contribution is -2.10. The van der Waals surface area contributed by atoms with Gasteiger partial charge in [-0.3, -0.25) is 0 Å². The van der Waals surface area contributed by atoms with Crippen LogP contribution in [-0.4, -0.2) is 0 Å². The van der Waals surface area contributed by atoms with Gasteiger partial charge < -0.3 is 4.90 Å². The summed E-state index contributed by atoms with van der Waals surface area (Å²) < 4.78 is 0. The number of hydrogen-bond donors (Lipinski definition) is 0. The molecule has 304 valence electrons. The minimum Gasteiger partial charge on any atom is -0.310 e. The van der Waals surface area contributed by atoms with Crippen LogP contribution in [-0.2, 0) is 0 Å². The molecule has 65 heavy (non-hydrogen) atoms. The van der Waals surface area contributed by atoms with E-state index in [2.05, 4.69) is 266 Å². The second kappa shape index (κ2) is 16.3. The van der Waals surface area contributed by atoms with Gasteiger partial charge in [0.2, 0.25) is 0 Å². The molecule has 1 nitrogen and oxygen atoms in total. The van der Waals surface area contributed by atoms with Gasteiger partial charge in [-0.2, -0.15) is 0 Å². The highest BCUT2D eigenvalue weighted by Gasteiger charge is 2.19. The molecular formula is C64H43N. The molecule has 0 N–H and O–H groups in total. The number of benzene rings is 12. The lowest BCUT2D eigenvalue weighted by Gasteiger charge is -2.26. The molecule has 0 fully saturated rings. The van der Waals surface area contributed by atoms with Crippen molar-refractivity contribution in [3.63, 3.8) is 0 Å². The van der Waals surface area contributed by atoms with E-state index in [1.54, 1.807) is 0 Å². The van der Waals surface area contributed by atoms with E-state index in [1.165, 1.54) is 98.7 Å². The zero-order valence-electron chi connectivity index (χ0n) is 35.8. The molecule has 12 aromatic carbocycles. The van der Waals surface area contributed by atoms with Crippen LogP contribution >= 0.6 is 0 Å². The van der Waals surface area contributed by atoms with Crippen molar-refractivity contribution < 1.29 is 0 Å². The van der Waals surface area contributed by atoms with E-state index in [0.29, 0.717) is 0 Å². The molecule has 0 aliphatic heterocycles. The molecule has 0 heterocycles. The lowest BCUT2D eigenvalue weighted by molar-refractivity contribution is 1.28. The Hall–Kier alpha value is -8.52. The SMILES string of the molecule is c1ccc(-c2c(-c3ccccc3)c3cc(-c4ccc(N(c5ccc(-c6cccc7ccccc67)cc5)c5cccc(-c6ccc7ccccc7c6)c5)cc4)ccc3c3ccccc23)cc1. The van der Waals surface area contributed by atoms with Crippen LogP contribution in [0.3, 0.4) is 0 Å². The fourth-order valence-electron chi connectivity index (χ4n) is 9.89. The Morgan fingerprint density at radius 2 is 0.677 bits per heavy atom. The van der Waals surface area contributed by atoms with Gasteiger partial charge in [0.1, 0.15) is 0 Å². The maximum absolute atomic E-state index is 2.41. The first-order valence-electron chi connectivity index (χ1n) is 22.4. The normalized spacial score (nSPS) is 11.4. The summed E-state index contributed by atoms with van der Waals surface area (Å²) in [5, 5.41) is 10.0. The van der Waals surface area contributed by atoms with Gasteiger partial charge in [-0.05, 0) is 147 Å². The summed E-state index contributed by atoms with van der Waals surface area (Å²) >= 11 is 0. The molecule has 0 radical (unpaired) electrons. The Morgan fingerprint density at radius 3 is 1.40 bits per heavy atom. The Kier molecular flexibility index (Phi) is 9.58. The first kappa shape index (κ1) is 38.2. The zero-order chi connectivity index (χ0) is 43.1. The fraction of sp³-hybridized carbons (Fsp3) is 0. The Bertz CT molecular complexity index is 3680. The molecule has 0 aliphatic carbocycles. The molecule has 0 amide bonds. The van der Waals surface area contributed by atoms with Crippen LogP contribution in [0.5, 0.6) is 0 Å². The van der Waals surface area contributed by atoms with E-state index in [0.717, 1.165) is 17.1 Å². The van der Waals surface area contributed by atoms with Gasteiger partial charge in [-0.1, -0.05) is 212 Å². The summed E-state index contributed by atoms with van der Waals surface area (Å²) in [6, 6.07) is 95.2. The molecule has 0 spiro atoms. The molecule has 0 saturated carbocycles. The quantitative estimate of drug-likeness (QED) is 0.138. The molecule has 0 atom stereocenters. The third-order valence-electron chi connectivity index (χ3n) is 13.0. The average Bonchev–Trinajstić information content (AvgIpc) is 3.39. The highest BCUT2D eigenvalue weighted by molar-refractivity contribution is 6.22. The maximum Gasteiger partial charge on any atom is 0.0467 e. The van der Waals surface area contributed by atoms with E-state index in [4.69, 9.17) is 0 Å². The average molecular weight is 826 g/mol. The predicted molar refractivity (Wildman–Crippen MR) is 278 cm³/mol. The fourth-order valence-corrected chi connectivity index (χ4v) is 9.89.